The molecule has 116 valence electrons. The highest BCUT2D eigenvalue weighted by Gasteiger charge is 2.28. The first kappa shape index (κ1) is 15.5. The van der Waals surface area contributed by atoms with Crippen LogP contribution >= 0.6 is 7.14 Å². The highest BCUT2D eigenvalue weighted by Crippen LogP contribution is 2.48. The lowest BCUT2D eigenvalue weighted by Gasteiger charge is -2.20. The Morgan fingerprint density at radius 3 is 1.87 bits per heavy atom. The van der Waals surface area contributed by atoms with Gasteiger partial charge in [-0.2, -0.15) is 0 Å². The second kappa shape index (κ2) is 6.39. The Morgan fingerprint density at radius 2 is 1.35 bits per heavy atom. The second-order valence-corrected chi connectivity index (χ2v) is 8.17. The van der Waals surface area contributed by atoms with Gasteiger partial charge in [0.1, 0.15) is 18.7 Å². The van der Waals surface area contributed by atoms with Crippen LogP contribution in [0.3, 0.4) is 0 Å². The molecule has 0 aliphatic heterocycles. The lowest BCUT2D eigenvalue weighted by Crippen LogP contribution is -2.17. The van der Waals surface area contributed by atoms with Gasteiger partial charge in [0.05, 0.1) is 0 Å². The van der Waals surface area contributed by atoms with E-state index in [1.54, 1.807) is 0 Å². The van der Waals surface area contributed by atoms with Crippen LogP contribution in [0.2, 0.25) is 0 Å². The summed E-state index contributed by atoms with van der Waals surface area (Å²) in [6.45, 7) is 0. The number of benzene rings is 3. The third kappa shape index (κ3) is 3.20. The van der Waals surface area contributed by atoms with Crippen LogP contribution in [0.15, 0.2) is 78.9 Å². The molecular weight excluding hydrogens is 310 g/mol. The maximum absolute atomic E-state index is 13.8. The Hall–Kier alpha value is -2.38. The molecule has 0 fully saturated rings. The van der Waals surface area contributed by atoms with Crippen molar-refractivity contribution in [2.45, 2.75) is 6.16 Å². The molecule has 0 bridgehead atoms. The predicted octanol–water partition coefficient (Wildman–Crippen LogP) is 4.05. The topological polar surface area (TPSA) is 37.3 Å². The van der Waals surface area contributed by atoms with E-state index in [4.69, 9.17) is 0 Å². The zero-order chi connectivity index (χ0) is 16.3. The molecule has 3 rings (SSSR count). The molecule has 0 aliphatic carbocycles. The van der Waals surface area contributed by atoms with E-state index in [2.05, 4.69) is 0 Å². The minimum Gasteiger partial charge on any atom is -0.508 e. The van der Waals surface area contributed by atoms with Crippen LogP contribution in [-0.2, 0) is 10.7 Å². The quantitative estimate of drug-likeness (QED) is 0.735. The maximum Gasteiger partial charge on any atom is 0.147 e. The largest absolute Gasteiger partial charge is 0.508 e. The van der Waals surface area contributed by atoms with Crippen LogP contribution in [-0.4, -0.2) is 5.11 Å². The fourth-order valence-electron chi connectivity index (χ4n) is 2.59. The van der Waals surface area contributed by atoms with Crippen LogP contribution in [0, 0.1) is 5.82 Å². The Bertz CT molecular complexity index is 804. The molecule has 0 radical (unpaired) electrons. The fourth-order valence-corrected chi connectivity index (χ4v) is 5.29. The van der Waals surface area contributed by atoms with Gasteiger partial charge in [0, 0.05) is 22.3 Å². The Morgan fingerprint density at radius 1 is 0.826 bits per heavy atom. The van der Waals surface area contributed by atoms with Crippen LogP contribution in [0.1, 0.15) is 5.56 Å². The molecule has 23 heavy (non-hydrogen) atoms. The van der Waals surface area contributed by atoms with E-state index in [0.29, 0.717) is 16.2 Å². The number of aromatic hydroxyl groups is 1. The number of hydrogen-bond acceptors (Lipinski definition) is 2. The normalized spacial score (nSPS) is 11.3. The van der Waals surface area contributed by atoms with Crippen molar-refractivity contribution in [1.82, 2.24) is 0 Å². The molecule has 0 unspecified atom stereocenters. The summed E-state index contributed by atoms with van der Waals surface area (Å²) in [5.74, 6) is -0.496. The van der Waals surface area contributed by atoms with Gasteiger partial charge in [-0.3, -0.25) is 0 Å². The van der Waals surface area contributed by atoms with Gasteiger partial charge in [-0.15, -0.1) is 0 Å². The standard InChI is InChI=1S/C19H16FO2P/c20-16-11-12-19(21)15(13-16)14-23(22,17-7-3-1-4-8-17)18-9-5-2-6-10-18/h1-13,21H,14H2. The van der Waals surface area contributed by atoms with Gasteiger partial charge in [-0.1, -0.05) is 60.7 Å². The van der Waals surface area contributed by atoms with Crippen LogP contribution < -0.4 is 10.6 Å². The summed E-state index contributed by atoms with van der Waals surface area (Å²) in [5.41, 5.74) is 0.348. The SMILES string of the molecule is O=P(Cc1cc(F)ccc1O)(c1ccccc1)c1ccccc1. The van der Waals surface area contributed by atoms with Crippen molar-refractivity contribution in [3.63, 3.8) is 0 Å². The number of rotatable bonds is 4. The van der Waals surface area contributed by atoms with Crippen molar-refractivity contribution in [2.75, 3.05) is 0 Å². The minimum atomic E-state index is -3.02. The van der Waals surface area contributed by atoms with E-state index in [0.717, 1.165) is 0 Å². The molecule has 0 aromatic heterocycles. The number of phenols is 1. The first-order chi connectivity index (χ1) is 11.1. The molecule has 0 saturated heterocycles. The predicted molar refractivity (Wildman–Crippen MR) is 91.5 cm³/mol. The van der Waals surface area contributed by atoms with Gasteiger partial charge >= 0.3 is 0 Å². The average molecular weight is 326 g/mol. The average Bonchev–Trinajstić information content (AvgIpc) is 2.59. The van der Waals surface area contributed by atoms with Crippen molar-refractivity contribution >= 4 is 17.8 Å². The van der Waals surface area contributed by atoms with E-state index in [-0.39, 0.29) is 11.9 Å². The lowest BCUT2D eigenvalue weighted by atomic mass is 10.2. The Balaban J connectivity index is 2.14. The molecule has 0 heterocycles. The molecule has 0 saturated carbocycles. The van der Waals surface area contributed by atoms with Crippen molar-refractivity contribution < 1.29 is 14.1 Å². The van der Waals surface area contributed by atoms with E-state index in [9.17, 15) is 14.1 Å². The molecule has 4 heteroatoms. The third-order valence-corrected chi connectivity index (χ3v) is 6.83. The monoisotopic (exact) mass is 326 g/mol. The summed E-state index contributed by atoms with van der Waals surface area (Å²) < 4.78 is 27.3. The van der Waals surface area contributed by atoms with Gasteiger partial charge in [0.25, 0.3) is 0 Å². The van der Waals surface area contributed by atoms with Crippen molar-refractivity contribution in [1.29, 1.82) is 0 Å². The zero-order valence-electron chi connectivity index (χ0n) is 12.4. The Labute approximate surface area is 134 Å². The number of phenolic OH excluding ortho intramolecular Hbond substituents is 1. The van der Waals surface area contributed by atoms with Crippen molar-refractivity contribution in [2.24, 2.45) is 0 Å². The number of hydrogen-bond donors (Lipinski definition) is 1. The minimum absolute atomic E-state index is 0.0431. The van der Waals surface area contributed by atoms with E-state index < -0.39 is 13.0 Å². The van der Waals surface area contributed by atoms with Crippen molar-refractivity contribution in [3.05, 3.63) is 90.2 Å². The summed E-state index contributed by atoms with van der Waals surface area (Å²) in [7, 11) is -3.02. The molecule has 0 spiro atoms. The van der Waals surface area contributed by atoms with Gasteiger partial charge in [-0.25, -0.2) is 4.39 Å². The summed E-state index contributed by atoms with van der Waals surface area (Å²) in [6, 6.07) is 22.0. The van der Waals surface area contributed by atoms with Crippen LogP contribution in [0.5, 0.6) is 5.75 Å². The molecular formula is C19H16FO2P. The van der Waals surface area contributed by atoms with E-state index in [1.165, 1.54) is 18.2 Å². The molecule has 0 amide bonds. The fraction of sp³-hybridized carbons (Fsp3) is 0.0526. The molecule has 1 N–H and O–H groups in total. The first-order valence-electron chi connectivity index (χ1n) is 7.27. The van der Waals surface area contributed by atoms with E-state index >= 15 is 0 Å². The molecule has 2 nitrogen and oxygen atoms in total. The summed E-state index contributed by atoms with van der Waals surface area (Å²) >= 11 is 0. The van der Waals surface area contributed by atoms with Gasteiger partial charge in [0.2, 0.25) is 0 Å². The molecule has 3 aromatic carbocycles. The van der Waals surface area contributed by atoms with Crippen molar-refractivity contribution in [3.8, 4) is 5.75 Å². The molecule has 0 atom stereocenters. The van der Waals surface area contributed by atoms with Crippen LogP contribution in [0.25, 0.3) is 0 Å². The molecule has 3 aromatic rings. The van der Waals surface area contributed by atoms with E-state index in [1.807, 2.05) is 60.7 Å². The highest BCUT2D eigenvalue weighted by atomic mass is 31.2. The number of halogens is 1. The second-order valence-electron chi connectivity index (χ2n) is 5.34. The summed E-state index contributed by atoms with van der Waals surface area (Å²) in [4.78, 5) is 0. The third-order valence-electron chi connectivity index (χ3n) is 3.78. The van der Waals surface area contributed by atoms with Crippen LogP contribution in [0.4, 0.5) is 4.39 Å². The summed E-state index contributed by atoms with van der Waals surface area (Å²) in [6.07, 6.45) is 0.0740. The maximum atomic E-state index is 13.8. The summed E-state index contributed by atoms with van der Waals surface area (Å²) in [5, 5.41) is 11.4. The molecule has 0 aliphatic rings. The zero-order valence-corrected chi connectivity index (χ0v) is 13.3. The first-order valence-corrected chi connectivity index (χ1v) is 9.16. The van der Waals surface area contributed by atoms with Gasteiger partial charge in [0.15, 0.2) is 0 Å². The highest BCUT2D eigenvalue weighted by molar-refractivity contribution is 7.78. The van der Waals surface area contributed by atoms with Gasteiger partial charge < -0.3 is 9.67 Å². The smallest absolute Gasteiger partial charge is 0.147 e. The lowest BCUT2D eigenvalue weighted by molar-refractivity contribution is 0.467. The van der Waals surface area contributed by atoms with Gasteiger partial charge in [-0.05, 0) is 18.2 Å². The Kier molecular flexibility index (Phi) is 4.31.